The van der Waals surface area contributed by atoms with E-state index in [0.29, 0.717) is 11.7 Å². The first-order valence-electron chi connectivity index (χ1n) is 7.76. The summed E-state index contributed by atoms with van der Waals surface area (Å²) in [5.74, 6) is 0.126. The maximum Gasteiger partial charge on any atom is 0.253 e. The highest BCUT2D eigenvalue weighted by Gasteiger charge is 2.16. The molecule has 0 atom stereocenters. The van der Waals surface area contributed by atoms with Crippen LogP contribution in [0.5, 0.6) is 0 Å². The van der Waals surface area contributed by atoms with E-state index in [2.05, 4.69) is 17.2 Å². The van der Waals surface area contributed by atoms with E-state index in [4.69, 9.17) is 12.2 Å². The average Bonchev–Trinajstić information content (AvgIpc) is 2.82. The molecule has 0 aliphatic carbocycles. The fourth-order valence-electron chi connectivity index (χ4n) is 2.49. The molecule has 118 valence electrons. The number of likely N-dealkylation sites (tertiary alicyclic amines) is 1. The molecule has 0 unspecified atom stereocenters. The molecule has 2 N–H and O–H groups in total. The van der Waals surface area contributed by atoms with Crippen LogP contribution in [0.4, 0.5) is 5.69 Å². The van der Waals surface area contributed by atoms with Gasteiger partial charge in [-0.15, -0.1) is 6.58 Å². The van der Waals surface area contributed by atoms with Crippen LogP contribution in [0.15, 0.2) is 36.9 Å². The number of hydrogen-bond donors (Lipinski definition) is 2. The smallest absolute Gasteiger partial charge is 0.253 e. The lowest BCUT2D eigenvalue weighted by molar-refractivity contribution is 0.0761. The number of carbonyl (C=O) groups excluding carboxylic acids is 1. The van der Waals surface area contributed by atoms with Crippen molar-refractivity contribution in [2.75, 3.05) is 25.0 Å². The minimum absolute atomic E-state index is 0.126. The van der Waals surface area contributed by atoms with Gasteiger partial charge in [0.15, 0.2) is 5.11 Å². The summed E-state index contributed by atoms with van der Waals surface area (Å²) in [5.41, 5.74) is 1.60. The van der Waals surface area contributed by atoms with Crippen LogP contribution in [0.1, 0.15) is 36.0 Å². The van der Waals surface area contributed by atoms with Gasteiger partial charge in [0.2, 0.25) is 0 Å². The van der Waals surface area contributed by atoms with Gasteiger partial charge < -0.3 is 15.5 Å². The summed E-state index contributed by atoms with van der Waals surface area (Å²) in [7, 11) is 0. The number of nitrogens with one attached hydrogen (secondary N) is 2. The third kappa shape index (κ3) is 4.84. The van der Waals surface area contributed by atoms with Gasteiger partial charge >= 0.3 is 0 Å². The van der Waals surface area contributed by atoms with E-state index >= 15 is 0 Å². The monoisotopic (exact) mass is 317 g/mol. The molecule has 0 radical (unpaired) electrons. The predicted octanol–water partition coefficient (Wildman–Crippen LogP) is 3.18. The van der Waals surface area contributed by atoms with E-state index in [1.54, 1.807) is 6.08 Å². The van der Waals surface area contributed by atoms with Crippen LogP contribution >= 0.6 is 12.2 Å². The van der Waals surface area contributed by atoms with Crippen molar-refractivity contribution in [3.8, 4) is 0 Å². The third-order valence-corrected chi connectivity index (χ3v) is 3.94. The molecule has 1 aromatic carbocycles. The van der Waals surface area contributed by atoms with Crippen molar-refractivity contribution in [2.24, 2.45) is 0 Å². The van der Waals surface area contributed by atoms with Gasteiger partial charge in [0.05, 0.1) is 0 Å². The van der Waals surface area contributed by atoms with E-state index in [1.807, 2.05) is 29.2 Å². The van der Waals surface area contributed by atoms with Crippen LogP contribution in [0.2, 0.25) is 0 Å². The van der Waals surface area contributed by atoms with Crippen LogP contribution in [-0.4, -0.2) is 35.6 Å². The Bertz CT molecular complexity index is 519. The molecule has 22 heavy (non-hydrogen) atoms. The van der Waals surface area contributed by atoms with Crippen molar-refractivity contribution in [3.63, 3.8) is 0 Å². The summed E-state index contributed by atoms with van der Waals surface area (Å²) in [6, 6.07) is 7.47. The lowest BCUT2D eigenvalue weighted by atomic mass is 10.1. The molecule has 5 heteroatoms. The Kier molecular flexibility index (Phi) is 6.40. The van der Waals surface area contributed by atoms with E-state index in [9.17, 15) is 4.79 Å². The molecule has 0 saturated carbocycles. The Morgan fingerprint density at radius 2 is 1.82 bits per heavy atom. The lowest BCUT2D eigenvalue weighted by Crippen LogP contribution is -2.31. The average molecular weight is 317 g/mol. The first kappa shape index (κ1) is 16.5. The molecule has 1 aliphatic rings. The zero-order valence-electron chi connectivity index (χ0n) is 12.8. The van der Waals surface area contributed by atoms with Gasteiger partial charge in [-0.1, -0.05) is 18.9 Å². The number of rotatable bonds is 4. The van der Waals surface area contributed by atoms with Gasteiger partial charge in [0, 0.05) is 30.9 Å². The Hall–Kier alpha value is -1.88. The fraction of sp³-hybridized carbons (Fsp3) is 0.412. The number of benzene rings is 1. The standard InChI is InChI=1S/C17H23N3OS/c1-2-11-18-17(22)19-15-9-7-14(8-10-15)16(21)20-12-5-3-4-6-13-20/h2,7-10H,1,3-6,11-13H2,(H2,18,19,22). The van der Waals surface area contributed by atoms with E-state index in [1.165, 1.54) is 12.8 Å². The van der Waals surface area contributed by atoms with E-state index in [-0.39, 0.29) is 5.91 Å². The molecule has 0 aromatic heterocycles. The summed E-state index contributed by atoms with van der Waals surface area (Å²) in [4.78, 5) is 14.4. The van der Waals surface area contributed by atoms with E-state index in [0.717, 1.165) is 37.2 Å². The largest absolute Gasteiger partial charge is 0.359 e. The molecule has 1 aromatic rings. The first-order chi connectivity index (χ1) is 10.7. The first-order valence-corrected chi connectivity index (χ1v) is 8.16. The van der Waals surface area contributed by atoms with Crippen LogP contribution in [-0.2, 0) is 0 Å². The van der Waals surface area contributed by atoms with Gasteiger partial charge in [0.1, 0.15) is 0 Å². The molecule has 0 spiro atoms. The highest BCUT2D eigenvalue weighted by Crippen LogP contribution is 2.15. The van der Waals surface area contributed by atoms with Gasteiger partial charge in [-0.25, -0.2) is 0 Å². The zero-order chi connectivity index (χ0) is 15.8. The molecule has 2 rings (SSSR count). The minimum Gasteiger partial charge on any atom is -0.359 e. The molecule has 1 saturated heterocycles. The van der Waals surface area contributed by atoms with Crippen LogP contribution in [0.25, 0.3) is 0 Å². The molecular weight excluding hydrogens is 294 g/mol. The third-order valence-electron chi connectivity index (χ3n) is 3.69. The quantitative estimate of drug-likeness (QED) is 0.661. The molecule has 1 fully saturated rings. The lowest BCUT2D eigenvalue weighted by Gasteiger charge is -2.20. The second kappa shape index (κ2) is 8.54. The van der Waals surface area contributed by atoms with Crippen LogP contribution in [0.3, 0.4) is 0 Å². The number of hydrogen-bond acceptors (Lipinski definition) is 2. The number of amides is 1. The second-order valence-electron chi connectivity index (χ2n) is 5.41. The predicted molar refractivity (Wildman–Crippen MR) is 95.2 cm³/mol. The summed E-state index contributed by atoms with van der Waals surface area (Å²) >= 11 is 5.16. The molecule has 4 nitrogen and oxygen atoms in total. The molecule has 1 heterocycles. The normalized spacial score (nSPS) is 14.8. The summed E-state index contributed by atoms with van der Waals surface area (Å²) in [6.07, 6.45) is 6.41. The Labute approximate surface area is 137 Å². The van der Waals surface area contributed by atoms with Crippen molar-refractivity contribution in [1.29, 1.82) is 0 Å². The van der Waals surface area contributed by atoms with Gasteiger partial charge in [-0.3, -0.25) is 4.79 Å². The van der Waals surface area contributed by atoms with Crippen molar-refractivity contribution in [1.82, 2.24) is 10.2 Å². The molecule has 0 bridgehead atoms. The minimum atomic E-state index is 0.126. The fourth-order valence-corrected chi connectivity index (χ4v) is 2.69. The number of anilines is 1. The Morgan fingerprint density at radius 3 is 2.41 bits per heavy atom. The highest BCUT2D eigenvalue weighted by atomic mass is 32.1. The van der Waals surface area contributed by atoms with Crippen LogP contribution < -0.4 is 10.6 Å². The van der Waals surface area contributed by atoms with Crippen molar-refractivity contribution in [2.45, 2.75) is 25.7 Å². The molecule has 1 amide bonds. The van der Waals surface area contributed by atoms with Gasteiger partial charge in [-0.05, 0) is 49.3 Å². The van der Waals surface area contributed by atoms with Crippen LogP contribution in [0, 0.1) is 0 Å². The highest BCUT2D eigenvalue weighted by molar-refractivity contribution is 7.80. The number of nitrogens with zero attached hydrogens (tertiary/aromatic N) is 1. The van der Waals surface area contributed by atoms with Gasteiger partial charge in [0.25, 0.3) is 5.91 Å². The van der Waals surface area contributed by atoms with E-state index < -0.39 is 0 Å². The SMILES string of the molecule is C=CCNC(=S)Nc1ccc(C(=O)N2CCCCCC2)cc1. The Morgan fingerprint density at radius 1 is 1.18 bits per heavy atom. The maximum absolute atomic E-state index is 12.5. The van der Waals surface area contributed by atoms with Crippen molar-refractivity contribution >= 4 is 28.9 Å². The topological polar surface area (TPSA) is 44.4 Å². The van der Waals surface area contributed by atoms with Gasteiger partial charge in [-0.2, -0.15) is 0 Å². The summed E-state index contributed by atoms with van der Waals surface area (Å²) in [5, 5.41) is 6.63. The summed E-state index contributed by atoms with van der Waals surface area (Å²) < 4.78 is 0. The van der Waals surface area contributed by atoms with Crippen molar-refractivity contribution < 1.29 is 4.79 Å². The maximum atomic E-state index is 12.5. The summed E-state index contributed by atoms with van der Waals surface area (Å²) in [6.45, 7) is 5.99. The Balaban J connectivity index is 1.94. The molecule has 1 aliphatic heterocycles. The number of thiocarbonyl (C=S) groups is 1. The zero-order valence-corrected chi connectivity index (χ0v) is 13.6. The second-order valence-corrected chi connectivity index (χ2v) is 5.82. The molecular formula is C17H23N3OS. The number of carbonyl (C=O) groups is 1. The van der Waals surface area contributed by atoms with Crippen molar-refractivity contribution in [3.05, 3.63) is 42.5 Å².